The van der Waals surface area contributed by atoms with Crippen LogP contribution in [0.25, 0.3) is 21.6 Å². The molecule has 0 aliphatic carbocycles. The summed E-state index contributed by atoms with van der Waals surface area (Å²) >= 11 is 1.51. The fourth-order valence-electron chi connectivity index (χ4n) is 2.79. The third kappa shape index (κ3) is 3.19. The molecule has 3 heterocycles. The smallest absolute Gasteiger partial charge is 0.256 e. The van der Waals surface area contributed by atoms with Gasteiger partial charge in [-0.25, -0.2) is 18.4 Å². The number of thiophene rings is 1. The topological polar surface area (TPSA) is 59.8 Å². The molecule has 0 aliphatic rings. The Morgan fingerprint density at radius 1 is 1.22 bits per heavy atom. The van der Waals surface area contributed by atoms with Crippen LogP contribution in [0.3, 0.4) is 0 Å². The molecular formula is C19H14F2N4OS. The number of nitrogens with zero attached hydrogens (tertiary/aromatic N) is 3. The number of benzene rings is 1. The number of aromatic nitrogens is 3. The van der Waals surface area contributed by atoms with E-state index < -0.39 is 17.5 Å². The molecule has 0 radical (unpaired) electrons. The van der Waals surface area contributed by atoms with E-state index in [-0.39, 0.29) is 5.69 Å². The number of hydrogen-bond acceptors (Lipinski definition) is 4. The van der Waals surface area contributed by atoms with Crippen molar-refractivity contribution in [2.24, 2.45) is 0 Å². The zero-order valence-electron chi connectivity index (χ0n) is 14.2. The lowest BCUT2D eigenvalue weighted by Crippen LogP contribution is -2.13. The van der Waals surface area contributed by atoms with Crippen molar-refractivity contribution >= 4 is 34.0 Å². The largest absolute Gasteiger partial charge is 0.322 e. The second-order valence-electron chi connectivity index (χ2n) is 5.81. The normalized spacial score (nSPS) is 11.1. The highest BCUT2D eigenvalue weighted by Gasteiger charge is 2.18. The third-order valence-corrected chi connectivity index (χ3v) is 5.00. The van der Waals surface area contributed by atoms with Crippen molar-refractivity contribution in [3.05, 3.63) is 65.2 Å². The SMILES string of the molecule is CCn1ncc2c(C(=O)Nc3ccc(F)c(F)c3)cc(-c3cccs3)nc21. The van der Waals surface area contributed by atoms with Gasteiger partial charge in [0.15, 0.2) is 17.3 Å². The summed E-state index contributed by atoms with van der Waals surface area (Å²) in [5.74, 6) is -2.43. The Morgan fingerprint density at radius 2 is 2.07 bits per heavy atom. The first-order valence-electron chi connectivity index (χ1n) is 8.23. The van der Waals surface area contributed by atoms with Gasteiger partial charge >= 0.3 is 0 Å². The van der Waals surface area contributed by atoms with Crippen molar-refractivity contribution in [3.63, 3.8) is 0 Å². The minimum atomic E-state index is -1.02. The van der Waals surface area contributed by atoms with Crippen molar-refractivity contribution in [1.29, 1.82) is 0 Å². The van der Waals surface area contributed by atoms with Gasteiger partial charge in [0.05, 0.1) is 27.7 Å². The number of hydrogen-bond donors (Lipinski definition) is 1. The van der Waals surface area contributed by atoms with Crippen molar-refractivity contribution in [1.82, 2.24) is 14.8 Å². The summed E-state index contributed by atoms with van der Waals surface area (Å²) in [4.78, 5) is 18.4. The molecule has 4 aromatic rings. The summed E-state index contributed by atoms with van der Waals surface area (Å²) < 4.78 is 28.3. The molecule has 0 bridgehead atoms. The van der Waals surface area contributed by atoms with E-state index in [2.05, 4.69) is 15.4 Å². The number of halogens is 2. The number of aryl methyl sites for hydroxylation is 1. The van der Waals surface area contributed by atoms with Crippen LogP contribution in [0.1, 0.15) is 17.3 Å². The summed E-state index contributed by atoms with van der Waals surface area (Å²) in [6, 6.07) is 8.74. The van der Waals surface area contributed by atoms with Gasteiger partial charge in [-0.1, -0.05) is 6.07 Å². The summed E-state index contributed by atoms with van der Waals surface area (Å²) in [6.45, 7) is 2.54. The summed E-state index contributed by atoms with van der Waals surface area (Å²) in [5, 5.41) is 9.42. The number of fused-ring (bicyclic) bond motifs is 1. The van der Waals surface area contributed by atoms with Crippen LogP contribution in [0.5, 0.6) is 0 Å². The Bertz CT molecular complexity index is 1140. The lowest BCUT2D eigenvalue weighted by molar-refractivity contribution is 0.102. The highest BCUT2D eigenvalue weighted by molar-refractivity contribution is 7.13. The lowest BCUT2D eigenvalue weighted by atomic mass is 10.1. The first-order valence-corrected chi connectivity index (χ1v) is 9.11. The predicted octanol–water partition coefficient (Wildman–Crippen LogP) is 4.71. The minimum Gasteiger partial charge on any atom is -0.322 e. The van der Waals surface area contributed by atoms with E-state index in [0.717, 1.165) is 17.0 Å². The van der Waals surface area contributed by atoms with Gasteiger partial charge in [-0.3, -0.25) is 4.79 Å². The van der Waals surface area contributed by atoms with Gasteiger partial charge in [-0.15, -0.1) is 11.3 Å². The zero-order chi connectivity index (χ0) is 19.0. The van der Waals surface area contributed by atoms with E-state index >= 15 is 0 Å². The molecule has 0 saturated heterocycles. The van der Waals surface area contributed by atoms with E-state index in [1.54, 1.807) is 16.9 Å². The summed E-state index contributed by atoms with van der Waals surface area (Å²) in [7, 11) is 0. The summed E-state index contributed by atoms with van der Waals surface area (Å²) in [6.07, 6.45) is 1.59. The molecule has 0 saturated carbocycles. The number of amides is 1. The lowest BCUT2D eigenvalue weighted by Gasteiger charge is -2.09. The quantitative estimate of drug-likeness (QED) is 0.554. The van der Waals surface area contributed by atoms with E-state index in [4.69, 9.17) is 0 Å². The molecule has 136 valence electrons. The number of pyridine rings is 1. The maximum Gasteiger partial charge on any atom is 0.256 e. The number of carbonyl (C=O) groups is 1. The molecule has 1 amide bonds. The Kier molecular flexibility index (Phi) is 4.41. The van der Waals surface area contributed by atoms with Gasteiger partial charge < -0.3 is 5.32 Å². The number of nitrogens with one attached hydrogen (secondary N) is 1. The maximum absolute atomic E-state index is 13.4. The van der Waals surface area contributed by atoms with Crippen LogP contribution in [0.2, 0.25) is 0 Å². The van der Waals surface area contributed by atoms with Crippen molar-refractivity contribution in [2.75, 3.05) is 5.32 Å². The molecule has 0 atom stereocenters. The van der Waals surface area contributed by atoms with E-state index in [9.17, 15) is 13.6 Å². The van der Waals surface area contributed by atoms with Crippen LogP contribution < -0.4 is 5.32 Å². The van der Waals surface area contributed by atoms with Crippen LogP contribution in [0, 0.1) is 11.6 Å². The van der Waals surface area contributed by atoms with Crippen LogP contribution in [-0.4, -0.2) is 20.7 Å². The molecule has 0 spiro atoms. The Morgan fingerprint density at radius 3 is 2.78 bits per heavy atom. The van der Waals surface area contributed by atoms with E-state index in [1.165, 1.54) is 17.4 Å². The van der Waals surface area contributed by atoms with Crippen LogP contribution >= 0.6 is 11.3 Å². The standard InChI is InChI=1S/C19H14F2N4OS/c1-2-25-18-13(10-22-25)12(9-16(24-18)17-4-3-7-27-17)19(26)23-11-5-6-14(20)15(21)8-11/h3-10H,2H2,1H3,(H,23,26). The Balaban J connectivity index is 1.80. The van der Waals surface area contributed by atoms with Gasteiger partial charge in [-0.2, -0.15) is 5.10 Å². The fraction of sp³-hybridized carbons (Fsp3) is 0.105. The molecule has 0 aliphatic heterocycles. The van der Waals surface area contributed by atoms with Crippen molar-refractivity contribution in [2.45, 2.75) is 13.5 Å². The Labute approximate surface area is 157 Å². The average Bonchev–Trinajstić information content (AvgIpc) is 3.33. The molecule has 3 aromatic heterocycles. The van der Waals surface area contributed by atoms with E-state index in [0.29, 0.717) is 28.8 Å². The van der Waals surface area contributed by atoms with Gasteiger partial charge in [0.1, 0.15) is 0 Å². The van der Waals surface area contributed by atoms with Gasteiger partial charge in [0, 0.05) is 18.3 Å². The van der Waals surface area contributed by atoms with Gasteiger partial charge in [-0.05, 0) is 36.6 Å². The van der Waals surface area contributed by atoms with Crippen molar-refractivity contribution < 1.29 is 13.6 Å². The predicted molar refractivity (Wildman–Crippen MR) is 101 cm³/mol. The second-order valence-corrected chi connectivity index (χ2v) is 6.76. The van der Waals surface area contributed by atoms with Gasteiger partial charge in [0.2, 0.25) is 0 Å². The monoisotopic (exact) mass is 384 g/mol. The van der Waals surface area contributed by atoms with Crippen molar-refractivity contribution in [3.8, 4) is 10.6 Å². The summed E-state index contributed by atoms with van der Waals surface area (Å²) in [5.41, 5.74) is 1.79. The molecule has 0 fully saturated rings. The third-order valence-electron chi connectivity index (χ3n) is 4.10. The molecular weight excluding hydrogens is 370 g/mol. The van der Waals surface area contributed by atoms with Crippen LogP contribution in [-0.2, 0) is 6.54 Å². The first-order chi connectivity index (χ1) is 13.1. The Hall–Kier alpha value is -3.13. The number of anilines is 1. The first kappa shape index (κ1) is 17.3. The molecule has 8 heteroatoms. The maximum atomic E-state index is 13.4. The zero-order valence-corrected chi connectivity index (χ0v) is 15.1. The van der Waals surface area contributed by atoms with Gasteiger partial charge in [0.25, 0.3) is 5.91 Å². The molecule has 0 unspecified atom stereocenters. The highest BCUT2D eigenvalue weighted by atomic mass is 32.1. The van der Waals surface area contributed by atoms with Crippen LogP contribution in [0.15, 0.2) is 48.0 Å². The van der Waals surface area contributed by atoms with Crippen LogP contribution in [0.4, 0.5) is 14.5 Å². The molecule has 1 aromatic carbocycles. The molecule has 4 rings (SSSR count). The molecule has 27 heavy (non-hydrogen) atoms. The molecule has 1 N–H and O–H groups in total. The fourth-order valence-corrected chi connectivity index (χ4v) is 3.48. The highest BCUT2D eigenvalue weighted by Crippen LogP contribution is 2.28. The number of carbonyl (C=O) groups excluding carboxylic acids is 1. The second kappa shape index (κ2) is 6.88. The van der Waals surface area contributed by atoms with E-state index in [1.807, 2.05) is 24.4 Å². The average molecular weight is 384 g/mol. The number of rotatable bonds is 4. The minimum absolute atomic E-state index is 0.171. The molecule has 5 nitrogen and oxygen atoms in total.